The fourth-order valence-corrected chi connectivity index (χ4v) is 7.67. The van der Waals surface area contributed by atoms with Crippen LogP contribution in [0.25, 0.3) is 0 Å². The summed E-state index contributed by atoms with van der Waals surface area (Å²) >= 11 is 0. The average molecular weight is 1110 g/mol. The molecule has 2 rings (SSSR count). The molecule has 2 aliphatic heterocycles. The zero-order valence-electron chi connectivity index (χ0n) is 44.3. The molecular weight excluding hydrogens is 1030 g/mol. The molecule has 30 nitrogen and oxygen atoms in total. The van der Waals surface area contributed by atoms with Crippen LogP contribution in [0.1, 0.15) is 107 Å². The van der Waals surface area contributed by atoms with E-state index in [9.17, 15) is 67.4 Å². The number of unbranched alkanes of at least 4 members (excludes halogenated alkanes) is 2. The summed E-state index contributed by atoms with van der Waals surface area (Å²) < 4.78 is 55.2. The predicted octanol–water partition coefficient (Wildman–Crippen LogP) is -2.63. The Labute approximate surface area is 443 Å². The van der Waals surface area contributed by atoms with Gasteiger partial charge in [-0.25, -0.2) is 4.79 Å². The molecule has 2 heterocycles. The average Bonchev–Trinajstić information content (AvgIpc) is 3.32. The number of aliphatic carboxylic acids is 1. The molecule has 0 radical (unpaired) electrons. The minimum Gasteiger partial charge on any atom is -0.480 e. The summed E-state index contributed by atoms with van der Waals surface area (Å²) in [5.74, 6) is -9.33. The Balaban J connectivity index is 1.76. The fraction of sp³-hybridized carbons (Fsp3) is 0.723. The minimum atomic E-state index is -1.37. The number of carbonyl (C=O) groups excluding carboxylic acids is 12. The van der Waals surface area contributed by atoms with Crippen LogP contribution in [-0.2, 0) is 110 Å². The van der Waals surface area contributed by atoms with Gasteiger partial charge in [0.1, 0.15) is 43.5 Å². The first-order valence-electron chi connectivity index (χ1n) is 24.6. The molecule has 0 aromatic rings. The Bertz CT molecular complexity index is 2070. The molecular formula is C47H72N6O24. The number of hydrogen-bond acceptors (Lipinski definition) is 23. The smallest absolute Gasteiger partial charge is 0.326 e. The molecule has 30 heteroatoms. The van der Waals surface area contributed by atoms with Gasteiger partial charge in [0, 0.05) is 88.0 Å². The number of carboxylic acids is 1. The lowest BCUT2D eigenvalue weighted by Crippen LogP contribution is -2.66. The van der Waals surface area contributed by atoms with Gasteiger partial charge in [-0.2, -0.15) is 0 Å². The molecule has 7 N–H and O–H groups in total. The number of esters is 6. The molecule has 6 amide bonds. The molecule has 0 unspecified atom stereocenters. The molecule has 434 valence electrons. The van der Waals surface area contributed by atoms with E-state index in [1.54, 1.807) is 0 Å². The van der Waals surface area contributed by atoms with E-state index in [4.69, 9.17) is 47.4 Å². The van der Waals surface area contributed by atoms with E-state index in [2.05, 4.69) is 31.9 Å². The third kappa shape index (κ3) is 26.5. The van der Waals surface area contributed by atoms with Crippen molar-refractivity contribution in [2.75, 3.05) is 46.1 Å². The number of nitrogens with one attached hydrogen (secondary N) is 6. The first-order valence-corrected chi connectivity index (χ1v) is 24.6. The quantitative estimate of drug-likeness (QED) is 0.0206. The van der Waals surface area contributed by atoms with Crippen LogP contribution in [0.5, 0.6) is 0 Å². The number of hydrogen-bond donors (Lipinski definition) is 7. The van der Waals surface area contributed by atoms with Crippen LogP contribution < -0.4 is 31.9 Å². The number of carboxylic acid groups (broad SMARTS) is 1. The largest absolute Gasteiger partial charge is 0.480 e. The highest BCUT2D eigenvalue weighted by Crippen LogP contribution is 2.30. The van der Waals surface area contributed by atoms with Crippen LogP contribution >= 0.6 is 0 Å². The van der Waals surface area contributed by atoms with Crippen LogP contribution in [0.4, 0.5) is 0 Å². The van der Waals surface area contributed by atoms with Gasteiger partial charge >= 0.3 is 41.8 Å². The standard InChI is InChI=1S/C47H72N6O24/c1-24(54)51-39-43(74-30(7)60)41(72-28(5)58)33(22-70-26(3)56)76-46(39)68-18-11-9-15-35(62)49-20-37(64)48-17-13-14-32(45(66)67)53-38(65)21-50-36(63)16-10-12-19-69-47-40(52-25(2)55)44(75-31(8)61)42(73-29(6)59)34(77-47)23-71-27(4)57/h32-34,39-44,46-47H,9-23H2,1-8H3,(H,48,64)(H,49,62)(H,50,63)(H,51,54)(H,52,55)(H,53,65)(H,66,67)/t32-,33+,34+,39+,40+,41-,42-,43+,44+,46+,47+/m0/s1. The highest BCUT2D eigenvalue weighted by Gasteiger charge is 2.52. The third-order valence-corrected chi connectivity index (χ3v) is 10.8. The Morgan fingerprint density at radius 1 is 0.468 bits per heavy atom. The van der Waals surface area contributed by atoms with E-state index in [1.165, 1.54) is 13.8 Å². The minimum absolute atomic E-state index is 0.00621. The summed E-state index contributed by atoms with van der Waals surface area (Å²) in [5, 5.41) is 24.5. The van der Waals surface area contributed by atoms with Crippen molar-refractivity contribution in [3.63, 3.8) is 0 Å². The van der Waals surface area contributed by atoms with Gasteiger partial charge in [-0.05, 0) is 38.5 Å². The van der Waals surface area contributed by atoms with E-state index in [0.717, 1.165) is 41.5 Å². The second-order valence-corrected chi connectivity index (χ2v) is 17.6. The lowest BCUT2D eigenvalue weighted by atomic mass is 9.96. The van der Waals surface area contributed by atoms with Gasteiger partial charge in [0.05, 0.1) is 13.1 Å². The second kappa shape index (κ2) is 34.6. The summed E-state index contributed by atoms with van der Waals surface area (Å²) in [5.41, 5.74) is 0. The number of amides is 6. The van der Waals surface area contributed by atoms with Gasteiger partial charge in [0.15, 0.2) is 37.0 Å². The highest BCUT2D eigenvalue weighted by molar-refractivity contribution is 5.88. The molecule has 77 heavy (non-hydrogen) atoms. The topological polar surface area (TPSA) is 407 Å². The van der Waals surface area contributed by atoms with Gasteiger partial charge in [-0.15, -0.1) is 0 Å². The Morgan fingerprint density at radius 2 is 0.857 bits per heavy atom. The van der Waals surface area contributed by atoms with E-state index in [-0.39, 0.29) is 71.1 Å². The first-order chi connectivity index (χ1) is 36.3. The molecule has 0 aromatic carbocycles. The SMILES string of the molecule is CC(=O)N[C@H]1[C@H](OCCCCC(=O)NCC(=O)NCCC[C@H](NC(=O)CNC(=O)CCCCO[C@@H]2O[C@H](COC(C)=O)[C@H](OC(C)=O)[C@H](OC(C)=O)[C@H]2NC(C)=O)C(=O)O)O[C@H](COC(C)=O)[C@H](OC(C)=O)[C@@H]1OC(C)=O. The van der Waals surface area contributed by atoms with Gasteiger partial charge in [0.25, 0.3) is 0 Å². The number of carbonyl (C=O) groups is 13. The van der Waals surface area contributed by atoms with Crippen molar-refractivity contribution in [2.24, 2.45) is 0 Å². The molecule has 0 aliphatic carbocycles. The van der Waals surface area contributed by atoms with Gasteiger partial charge in [-0.3, -0.25) is 57.5 Å². The van der Waals surface area contributed by atoms with Crippen LogP contribution in [0, 0.1) is 0 Å². The lowest BCUT2D eigenvalue weighted by Gasteiger charge is -2.44. The first kappa shape index (κ1) is 66.1. The Morgan fingerprint density at radius 3 is 1.22 bits per heavy atom. The van der Waals surface area contributed by atoms with Gasteiger partial charge < -0.3 is 84.4 Å². The lowest BCUT2D eigenvalue weighted by molar-refractivity contribution is -0.277. The van der Waals surface area contributed by atoms with Crippen LogP contribution in [0.3, 0.4) is 0 Å². The van der Waals surface area contributed by atoms with Crippen LogP contribution in [0.15, 0.2) is 0 Å². The highest BCUT2D eigenvalue weighted by atomic mass is 16.7. The predicted molar refractivity (Wildman–Crippen MR) is 255 cm³/mol. The summed E-state index contributed by atoms with van der Waals surface area (Å²) in [6.45, 7) is 7.20. The van der Waals surface area contributed by atoms with E-state index in [1.807, 2.05) is 0 Å². The molecule has 2 fully saturated rings. The van der Waals surface area contributed by atoms with E-state index >= 15 is 0 Å². The Kier molecular flexibility index (Phi) is 29.7. The van der Waals surface area contributed by atoms with Crippen molar-refractivity contribution >= 4 is 77.2 Å². The van der Waals surface area contributed by atoms with Gasteiger partial charge in [0.2, 0.25) is 35.4 Å². The molecule has 0 aromatic heterocycles. The maximum absolute atomic E-state index is 12.5. The summed E-state index contributed by atoms with van der Waals surface area (Å²) in [6, 6.07) is -3.71. The van der Waals surface area contributed by atoms with Crippen molar-refractivity contribution in [1.29, 1.82) is 0 Å². The van der Waals surface area contributed by atoms with Crippen molar-refractivity contribution in [3.8, 4) is 0 Å². The molecule has 0 bridgehead atoms. The Hall–Kier alpha value is -7.05. The third-order valence-electron chi connectivity index (χ3n) is 10.8. The summed E-state index contributed by atoms with van der Waals surface area (Å²) in [6.07, 6.45) is -9.24. The summed E-state index contributed by atoms with van der Waals surface area (Å²) in [7, 11) is 0. The molecule has 0 saturated carbocycles. The van der Waals surface area contributed by atoms with Crippen LogP contribution in [0.2, 0.25) is 0 Å². The van der Waals surface area contributed by atoms with Crippen molar-refractivity contribution in [3.05, 3.63) is 0 Å². The zero-order valence-corrected chi connectivity index (χ0v) is 44.3. The van der Waals surface area contributed by atoms with Crippen molar-refractivity contribution in [2.45, 2.75) is 174 Å². The van der Waals surface area contributed by atoms with Crippen molar-refractivity contribution < 1.29 is 115 Å². The summed E-state index contributed by atoms with van der Waals surface area (Å²) in [4.78, 5) is 157. The maximum atomic E-state index is 12.5. The molecule has 0 spiro atoms. The maximum Gasteiger partial charge on any atom is 0.326 e. The number of ether oxygens (including phenoxy) is 10. The zero-order chi connectivity index (χ0) is 57.8. The number of rotatable bonds is 32. The molecule has 2 aliphatic rings. The van der Waals surface area contributed by atoms with Crippen molar-refractivity contribution in [1.82, 2.24) is 31.9 Å². The van der Waals surface area contributed by atoms with E-state index in [0.29, 0.717) is 0 Å². The molecule has 11 atom stereocenters. The van der Waals surface area contributed by atoms with Crippen LogP contribution in [-0.4, -0.2) is 196 Å². The fourth-order valence-electron chi connectivity index (χ4n) is 7.67. The van der Waals surface area contributed by atoms with Gasteiger partial charge in [-0.1, -0.05) is 0 Å². The normalized spacial score (nSPS) is 23.0. The molecule has 2 saturated heterocycles. The monoisotopic (exact) mass is 1100 g/mol. The van der Waals surface area contributed by atoms with E-state index < -0.39 is 171 Å². The second-order valence-electron chi connectivity index (χ2n) is 17.6.